The molecule has 29 heavy (non-hydrogen) atoms. The normalized spacial score (nSPS) is 15.5. The number of nitrogens with zero attached hydrogens (tertiary/aromatic N) is 5. The third kappa shape index (κ3) is 5.23. The summed E-state index contributed by atoms with van der Waals surface area (Å²) in [4.78, 5) is 20.6. The van der Waals surface area contributed by atoms with Gasteiger partial charge < -0.3 is 9.88 Å². The number of aromatic nitrogens is 4. The third-order valence-corrected chi connectivity index (χ3v) is 6.89. The van der Waals surface area contributed by atoms with Gasteiger partial charge in [0.15, 0.2) is 5.16 Å². The molecule has 1 aromatic carbocycles. The van der Waals surface area contributed by atoms with Crippen molar-refractivity contribution < 1.29 is 4.79 Å². The van der Waals surface area contributed by atoms with Gasteiger partial charge in [0.2, 0.25) is 5.91 Å². The molecule has 0 unspecified atom stereocenters. The van der Waals surface area contributed by atoms with Gasteiger partial charge in [-0.05, 0) is 68.9 Å². The topological polar surface area (TPSA) is 75.9 Å². The number of thiazole rings is 1. The molecule has 1 fully saturated rings. The Morgan fingerprint density at radius 1 is 1.28 bits per heavy atom. The van der Waals surface area contributed by atoms with Crippen molar-refractivity contribution in [1.82, 2.24) is 24.6 Å². The molecule has 1 aliphatic rings. The van der Waals surface area contributed by atoms with Crippen molar-refractivity contribution in [2.24, 2.45) is 13.0 Å². The van der Waals surface area contributed by atoms with E-state index < -0.39 is 0 Å². The summed E-state index contributed by atoms with van der Waals surface area (Å²) in [7, 11) is 1.92. The van der Waals surface area contributed by atoms with Crippen LogP contribution in [0.3, 0.4) is 0 Å². The summed E-state index contributed by atoms with van der Waals surface area (Å²) in [5, 5.41) is 15.1. The van der Waals surface area contributed by atoms with E-state index in [2.05, 4.69) is 30.8 Å². The van der Waals surface area contributed by atoms with Gasteiger partial charge in [-0.1, -0.05) is 0 Å². The first-order valence-corrected chi connectivity index (χ1v) is 11.3. The molecule has 0 bridgehead atoms. The van der Waals surface area contributed by atoms with Gasteiger partial charge in [0, 0.05) is 35.5 Å². The van der Waals surface area contributed by atoms with E-state index in [0.29, 0.717) is 0 Å². The van der Waals surface area contributed by atoms with Crippen molar-refractivity contribution in [2.45, 2.75) is 36.4 Å². The molecule has 3 aromatic rings. The number of likely N-dealkylation sites (tertiary alicyclic amines) is 1. The standard InChI is InChI=1S/C20H24N6OS2/c1-14-22-17(12-28-14)11-26-9-7-15(8-10-26)19(27)23-16-3-5-18(6-4-16)29-20-24-21-13-25(20)2/h3-6,12-13,15H,7-11H2,1-2H3,(H,23,27). The molecule has 2 aromatic heterocycles. The van der Waals surface area contributed by atoms with E-state index in [9.17, 15) is 4.79 Å². The van der Waals surface area contributed by atoms with E-state index in [1.54, 1.807) is 29.4 Å². The Balaban J connectivity index is 1.26. The largest absolute Gasteiger partial charge is 0.326 e. The average molecular weight is 429 g/mol. The van der Waals surface area contributed by atoms with E-state index in [0.717, 1.165) is 58.9 Å². The summed E-state index contributed by atoms with van der Waals surface area (Å²) >= 11 is 3.24. The zero-order valence-electron chi connectivity index (χ0n) is 16.5. The highest BCUT2D eigenvalue weighted by Gasteiger charge is 2.25. The molecule has 1 N–H and O–H groups in total. The molecule has 0 atom stereocenters. The van der Waals surface area contributed by atoms with E-state index in [1.807, 2.05) is 42.8 Å². The number of carbonyl (C=O) groups is 1. The highest BCUT2D eigenvalue weighted by molar-refractivity contribution is 7.99. The molecule has 7 nitrogen and oxygen atoms in total. The molecule has 0 spiro atoms. The van der Waals surface area contributed by atoms with Crippen molar-refractivity contribution in [3.05, 3.63) is 46.7 Å². The van der Waals surface area contributed by atoms with Crippen LogP contribution in [0.5, 0.6) is 0 Å². The van der Waals surface area contributed by atoms with Crippen LogP contribution in [-0.4, -0.2) is 43.6 Å². The number of hydrogen-bond donors (Lipinski definition) is 1. The van der Waals surface area contributed by atoms with Crippen LogP contribution < -0.4 is 5.32 Å². The summed E-state index contributed by atoms with van der Waals surface area (Å²) in [6.45, 7) is 4.78. The van der Waals surface area contributed by atoms with Crippen molar-refractivity contribution >= 4 is 34.7 Å². The highest BCUT2D eigenvalue weighted by Crippen LogP contribution is 2.27. The number of carbonyl (C=O) groups excluding carboxylic acids is 1. The number of nitrogens with one attached hydrogen (secondary N) is 1. The summed E-state index contributed by atoms with van der Waals surface area (Å²) in [6, 6.07) is 7.87. The van der Waals surface area contributed by atoms with Crippen LogP contribution in [0.2, 0.25) is 0 Å². The maximum absolute atomic E-state index is 12.7. The van der Waals surface area contributed by atoms with Gasteiger partial charge in [0.05, 0.1) is 10.7 Å². The fourth-order valence-electron chi connectivity index (χ4n) is 3.38. The Bertz CT molecular complexity index is 960. The number of hydrogen-bond acceptors (Lipinski definition) is 7. The van der Waals surface area contributed by atoms with Crippen molar-refractivity contribution in [1.29, 1.82) is 0 Å². The van der Waals surface area contributed by atoms with E-state index in [4.69, 9.17) is 0 Å². The van der Waals surface area contributed by atoms with Crippen LogP contribution in [0.1, 0.15) is 23.5 Å². The van der Waals surface area contributed by atoms with Crippen LogP contribution in [0.25, 0.3) is 0 Å². The molecule has 3 heterocycles. The SMILES string of the molecule is Cc1nc(CN2CCC(C(=O)Nc3ccc(Sc4nncn4C)cc3)CC2)cs1. The van der Waals surface area contributed by atoms with Gasteiger partial charge in [-0.15, -0.1) is 21.5 Å². The Morgan fingerprint density at radius 3 is 2.66 bits per heavy atom. The van der Waals surface area contributed by atoms with Crippen molar-refractivity contribution in [3.8, 4) is 0 Å². The number of amides is 1. The molecule has 0 saturated carbocycles. The Hall–Kier alpha value is -2.23. The summed E-state index contributed by atoms with van der Waals surface area (Å²) < 4.78 is 1.88. The Morgan fingerprint density at radius 2 is 2.03 bits per heavy atom. The van der Waals surface area contributed by atoms with Crippen LogP contribution in [0.15, 0.2) is 46.0 Å². The zero-order chi connectivity index (χ0) is 20.2. The van der Waals surface area contributed by atoms with E-state index in [-0.39, 0.29) is 11.8 Å². The number of rotatable bonds is 6. The van der Waals surface area contributed by atoms with Gasteiger partial charge in [-0.3, -0.25) is 9.69 Å². The first kappa shape index (κ1) is 20.1. The molecule has 152 valence electrons. The van der Waals surface area contributed by atoms with Gasteiger partial charge in [0.1, 0.15) is 6.33 Å². The number of piperidine rings is 1. The molecular weight excluding hydrogens is 404 g/mol. The quantitative estimate of drug-likeness (QED) is 0.647. The minimum absolute atomic E-state index is 0.0658. The van der Waals surface area contributed by atoms with Gasteiger partial charge in [-0.25, -0.2) is 4.98 Å². The first-order valence-electron chi connectivity index (χ1n) is 9.63. The molecule has 9 heteroatoms. The van der Waals surface area contributed by atoms with Crippen LogP contribution in [-0.2, 0) is 18.4 Å². The average Bonchev–Trinajstić information content (AvgIpc) is 3.32. The lowest BCUT2D eigenvalue weighted by Gasteiger charge is -2.30. The fourth-order valence-corrected chi connectivity index (χ4v) is 4.75. The maximum Gasteiger partial charge on any atom is 0.227 e. The predicted octanol–water partition coefficient (Wildman–Crippen LogP) is 3.58. The number of aryl methyl sites for hydroxylation is 2. The molecule has 1 amide bonds. The lowest BCUT2D eigenvalue weighted by Crippen LogP contribution is -2.37. The van der Waals surface area contributed by atoms with Gasteiger partial charge in [-0.2, -0.15) is 0 Å². The first-order chi connectivity index (χ1) is 14.1. The molecule has 0 radical (unpaired) electrons. The minimum atomic E-state index is 0.0658. The van der Waals surface area contributed by atoms with Crippen LogP contribution in [0, 0.1) is 12.8 Å². The monoisotopic (exact) mass is 428 g/mol. The van der Waals surface area contributed by atoms with E-state index >= 15 is 0 Å². The van der Waals surface area contributed by atoms with Crippen molar-refractivity contribution in [3.63, 3.8) is 0 Å². The van der Waals surface area contributed by atoms with Crippen LogP contribution in [0.4, 0.5) is 5.69 Å². The third-order valence-electron chi connectivity index (χ3n) is 5.01. The lowest BCUT2D eigenvalue weighted by molar-refractivity contribution is -0.121. The van der Waals surface area contributed by atoms with E-state index in [1.165, 1.54) is 0 Å². The molecule has 1 saturated heterocycles. The van der Waals surface area contributed by atoms with Crippen molar-refractivity contribution in [2.75, 3.05) is 18.4 Å². The number of anilines is 1. The predicted molar refractivity (Wildman–Crippen MR) is 115 cm³/mol. The van der Waals surface area contributed by atoms with Gasteiger partial charge in [0.25, 0.3) is 0 Å². The Labute approximate surface area is 178 Å². The maximum atomic E-state index is 12.7. The second-order valence-corrected chi connectivity index (χ2v) is 9.35. The summed E-state index contributed by atoms with van der Waals surface area (Å²) in [6.07, 6.45) is 3.45. The minimum Gasteiger partial charge on any atom is -0.326 e. The highest BCUT2D eigenvalue weighted by atomic mass is 32.2. The van der Waals surface area contributed by atoms with Gasteiger partial charge >= 0.3 is 0 Å². The fraction of sp³-hybridized carbons (Fsp3) is 0.400. The summed E-state index contributed by atoms with van der Waals surface area (Å²) in [5.41, 5.74) is 1.97. The lowest BCUT2D eigenvalue weighted by atomic mass is 9.95. The molecular formula is C20H24N6OS2. The molecule has 1 aliphatic heterocycles. The molecule has 0 aliphatic carbocycles. The van der Waals surface area contributed by atoms with Crippen LogP contribution >= 0.6 is 23.1 Å². The smallest absolute Gasteiger partial charge is 0.227 e. The summed E-state index contributed by atoms with van der Waals surface area (Å²) in [5.74, 6) is 0.180. The second-order valence-electron chi connectivity index (χ2n) is 7.25. The second kappa shape index (κ2) is 9.06. The number of benzene rings is 1. The molecule has 4 rings (SSSR count). The zero-order valence-corrected chi connectivity index (χ0v) is 18.2. The Kier molecular flexibility index (Phi) is 6.27.